The van der Waals surface area contributed by atoms with Crippen LogP contribution in [0.1, 0.15) is 18.7 Å². The van der Waals surface area contributed by atoms with E-state index in [0.717, 1.165) is 16.8 Å². The van der Waals surface area contributed by atoms with Crippen LogP contribution in [-0.2, 0) is 0 Å². The first-order valence-corrected chi connectivity index (χ1v) is 10.5. The zero-order valence-corrected chi connectivity index (χ0v) is 17.8. The zero-order chi connectivity index (χ0) is 22.2. The number of fused-ring (bicyclic) bond motifs is 2. The predicted octanol–water partition coefficient (Wildman–Crippen LogP) is 5.90. The van der Waals surface area contributed by atoms with Gasteiger partial charge in [-0.3, -0.25) is 9.36 Å². The maximum absolute atomic E-state index is 13.6. The molecule has 3 aromatic carbocycles. The lowest BCUT2D eigenvalue weighted by Crippen LogP contribution is -2.25. The van der Waals surface area contributed by atoms with Gasteiger partial charge in [0.15, 0.2) is 0 Å². The fourth-order valence-electron chi connectivity index (χ4n) is 3.93. The monoisotopic (exact) mass is 444 g/mol. The van der Waals surface area contributed by atoms with Crippen molar-refractivity contribution in [2.45, 2.75) is 13.0 Å². The van der Waals surface area contributed by atoms with Gasteiger partial charge in [-0.25, -0.2) is 14.4 Å². The predicted molar refractivity (Wildman–Crippen MR) is 126 cm³/mol. The van der Waals surface area contributed by atoms with E-state index in [4.69, 9.17) is 11.6 Å². The molecule has 7 heteroatoms. The van der Waals surface area contributed by atoms with Crippen molar-refractivity contribution in [3.63, 3.8) is 0 Å². The molecule has 1 N–H and O–H groups in total. The minimum atomic E-state index is -0.362. The summed E-state index contributed by atoms with van der Waals surface area (Å²) in [6.07, 6.45) is 1.39. The van der Waals surface area contributed by atoms with E-state index in [-0.39, 0.29) is 17.4 Å². The first-order valence-electron chi connectivity index (χ1n) is 10.1. The highest BCUT2D eigenvalue weighted by Gasteiger charge is 2.19. The Kier molecular flexibility index (Phi) is 5.07. The highest BCUT2D eigenvalue weighted by atomic mass is 35.5. The van der Waals surface area contributed by atoms with Crippen LogP contribution in [0.15, 0.2) is 83.9 Å². The molecule has 158 valence electrons. The van der Waals surface area contributed by atoms with Crippen LogP contribution >= 0.6 is 11.6 Å². The Bertz CT molecular complexity index is 1520. The van der Waals surface area contributed by atoms with Crippen LogP contribution in [-0.4, -0.2) is 14.5 Å². The quantitative estimate of drug-likeness (QED) is 0.375. The molecule has 0 aliphatic carbocycles. The van der Waals surface area contributed by atoms with Gasteiger partial charge in [-0.15, -0.1) is 0 Å². The van der Waals surface area contributed by atoms with Crippen LogP contribution in [0.4, 0.5) is 10.2 Å². The molecule has 0 aliphatic rings. The minimum absolute atomic E-state index is 0.197. The molecule has 0 aliphatic heterocycles. The molecule has 0 saturated heterocycles. The molecule has 5 aromatic rings. The molecule has 0 saturated carbocycles. The smallest absolute Gasteiger partial charge is 0.264 e. The summed E-state index contributed by atoms with van der Waals surface area (Å²) in [5.74, 6) is 0.195. The Morgan fingerprint density at radius 3 is 2.62 bits per heavy atom. The van der Waals surface area contributed by atoms with Crippen molar-refractivity contribution in [2.24, 2.45) is 0 Å². The van der Waals surface area contributed by atoms with Crippen LogP contribution in [0.2, 0.25) is 5.02 Å². The minimum Gasteiger partial charge on any atom is -0.361 e. The van der Waals surface area contributed by atoms with Crippen LogP contribution < -0.4 is 10.9 Å². The molecular formula is C25H18ClFN4O. The SMILES string of the molecule is CC(Nc1ncnc2cc(F)ccc12)c1cc2cccc(Cl)c2c(=O)n1-c1ccccc1. The standard InChI is InChI=1S/C25H18ClFN4O/c1-15(30-24-19-11-10-17(27)13-21(19)28-14-29-24)22-12-16-6-5-9-20(26)23(16)25(32)31(22)18-7-3-2-4-8-18/h2-15H,1H3,(H,28,29,30). The maximum Gasteiger partial charge on any atom is 0.264 e. The summed E-state index contributed by atoms with van der Waals surface area (Å²) in [4.78, 5) is 22.1. The van der Waals surface area contributed by atoms with Crippen molar-refractivity contribution in [1.82, 2.24) is 14.5 Å². The van der Waals surface area contributed by atoms with Crippen LogP contribution in [0.25, 0.3) is 27.4 Å². The first kappa shape index (κ1) is 20.2. The number of nitrogens with zero attached hydrogens (tertiary/aromatic N) is 3. The third-order valence-electron chi connectivity index (χ3n) is 5.43. The summed E-state index contributed by atoms with van der Waals surface area (Å²) in [5, 5.41) is 5.70. The normalized spacial score (nSPS) is 12.2. The van der Waals surface area contributed by atoms with E-state index in [2.05, 4.69) is 15.3 Å². The van der Waals surface area contributed by atoms with Crippen LogP contribution in [0, 0.1) is 5.82 Å². The Labute approximate surface area is 188 Å². The van der Waals surface area contributed by atoms with Gasteiger partial charge >= 0.3 is 0 Å². The van der Waals surface area contributed by atoms with E-state index in [0.29, 0.717) is 27.1 Å². The lowest BCUT2D eigenvalue weighted by molar-refractivity contribution is 0.629. The van der Waals surface area contributed by atoms with E-state index in [9.17, 15) is 9.18 Å². The van der Waals surface area contributed by atoms with Crippen molar-refractivity contribution in [2.75, 3.05) is 5.32 Å². The third-order valence-corrected chi connectivity index (χ3v) is 5.75. The summed E-state index contributed by atoms with van der Waals surface area (Å²) >= 11 is 6.39. The molecule has 1 atom stereocenters. The van der Waals surface area contributed by atoms with Gasteiger partial charge in [0.25, 0.3) is 5.56 Å². The van der Waals surface area contributed by atoms with Crippen molar-refractivity contribution < 1.29 is 4.39 Å². The Morgan fingerprint density at radius 2 is 1.81 bits per heavy atom. The van der Waals surface area contributed by atoms with Crippen LogP contribution in [0.3, 0.4) is 0 Å². The molecule has 0 radical (unpaired) electrons. The Morgan fingerprint density at radius 1 is 1.00 bits per heavy atom. The lowest BCUT2D eigenvalue weighted by atomic mass is 10.1. The fourth-order valence-corrected chi connectivity index (χ4v) is 4.19. The van der Waals surface area contributed by atoms with E-state index in [1.54, 1.807) is 16.7 Å². The van der Waals surface area contributed by atoms with Crippen molar-refractivity contribution in [3.8, 4) is 5.69 Å². The first-order chi connectivity index (χ1) is 15.5. The molecule has 5 nitrogen and oxygen atoms in total. The molecule has 1 unspecified atom stereocenters. The molecule has 32 heavy (non-hydrogen) atoms. The number of nitrogens with one attached hydrogen (secondary N) is 1. The third kappa shape index (κ3) is 3.48. The van der Waals surface area contributed by atoms with E-state index < -0.39 is 0 Å². The van der Waals surface area contributed by atoms with Gasteiger partial charge in [0.05, 0.1) is 22.0 Å². The topological polar surface area (TPSA) is 59.8 Å². The highest BCUT2D eigenvalue weighted by molar-refractivity contribution is 6.35. The van der Waals surface area contributed by atoms with E-state index >= 15 is 0 Å². The molecule has 2 heterocycles. The van der Waals surface area contributed by atoms with Gasteiger partial charge in [-0.1, -0.05) is 41.9 Å². The number of hydrogen-bond acceptors (Lipinski definition) is 4. The van der Waals surface area contributed by atoms with Gasteiger partial charge in [-0.05, 0) is 48.7 Å². The average Bonchev–Trinajstić information content (AvgIpc) is 2.79. The molecule has 0 amide bonds. The zero-order valence-electron chi connectivity index (χ0n) is 17.1. The van der Waals surface area contributed by atoms with E-state index in [1.165, 1.54) is 18.5 Å². The van der Waals surface area contributed by atoms with Gasteiger partial charge in [0, 0.05) is 22.8 Å². The fraction of sp³-hybridized carbons (Fsp3) is 0.0800. The second-order valence-electron chi connectivity index (χ2n) is 7.50. The number of rotatable bonds is 4. The number of para-hydroxylation sites is 1. The Balaban J connectivity index is 1.69. The molecule has 0 bridgehead atoms. The molecule has 0 fully saturated rings. The Hall–Kier alpha value is -3.77. The number of pyridine rings is 1. The summed E-state index contributed by atoms with van der Waals surface area (Å²) in [5.41, 5.74) is 1.78. The molecular weight excluding hydrogens is 427 g/mol. The van der Waals surface area contributed by atoms with Crippen molar-refractivity contribution in [1.29, 1.82) is 0 Å². The number of benzene rings is 3. The number of aromatic nitrogens is 3. The van der Waals surface area contributed by atoms with Gasteiger partial charge < -0.3 is 5.32 Å². The van der Waals surface area contributed by atoms with Crippen molar-refractivity contribution >= 4 is 39.1 Å². The number of halogens is 2. The van der Waals surface area contributed by atoms with Gasteiger partial charge in [0.2, 0.25) is 0 Å². The summed E-state index contributed by atoms with van der Waals surface area (Å²) in [6.45, 7) is 1.95. The van der Waals surface area contributed by atoms with Crippen LogP contribution in [0.5, 0.6) is 0 Å². The van der Waals surface area contributed by atoms with Gasteiger partial charge in [0.1, 0.15) is 18.0 Å². The summed E-state index contributed by atoms with van der Waals surface area (Å²) < 4.78 is 15.3. The maximum atomic E-state index is 13.6. The van der Waals surface area contributed by atoms with Gasteiger partial charge in [-0.2, -0.15) is 0 Å². The second-order valence-corrected chi connectivity index (χ2v) is 7.91. The lowest BCUT2D eigenvalue weighted by Gasteiger charge is -2.22. The number of anilines is 1. The second kappa shape index (κ2) is 8.05. The highest BCUT2D eigenvalue weighted by Crippen LogP contribution is 2.28. The molecule has 0 spiro atoms. The molecule has 5 rings (SSSR count). The summed E-state index contributed by atoms with van der Waals surface area (Å²) in [6, 6.07) is 20.9. The van der Waals surface area contributed by atoms with E-state index in [1.807, 2.05) is 55.5 Å². The number of hydrogen-bond donors (Lipinski definition) is 1. The molecule has 2 aromatic heterocycles. The summed E-state index contributed by atoms with van der Waals surface area (Å²) in [7, 11) is 0. The average molecular weight is 445 g/mol. The van der Waals surface area contributed by atoms with Crippen molar-refractivity contribution in [3.05, 3.63) is 106 Å². The largest absolute Gasteiger partial charge is 0.361 e.